The Hall–Kier alpha value is -6.02. The van der Waals surface area contributed by atoms with Gasteiger partial charge in [0.05, 0.1) is 33.9 Å². The van der Waals surface area contributed by atoms with Crippen LogP contribution >= 0.6 is 11.6 Å². The predicted molar refractivity (Wildman–Crippen MR) is 245 cm³/mol. The zero-order valence-corrected chi connectivity index (χ0v) is 41.4. The Morgan fingerprint density at radius 1 is 0.973 bits per heavy atom. The van der Waals surface area contributed by atoms with Crippen molar-refractivity contribution in [1.29, 1.82) is 0 Å². The van der Waals surface area contributed by atoms with Crippen LogP contribution in [-0.4, -0.2) is 89.5 Å². The Kier molecular flexibility index (Phi) is 15.4. The fourth-order valence-electron chi connectivity index (χ4n) is 7.66. The molecule has 5 aromatic rings. The Labute approximate surface area is 415 Å². The number of halogens is 11. The highest BCUT2D eigenvalue weighted by molar-refractivity contribution is 7.92. The van der Waals surface area contributed by atoms with E-state index in [-0.39, 0.29) is 27.1 Å². The summed E-state index contributed by atoms with van der Waals surface area (Å²) in [5.74, 6) is -5.06. The molecule has 1 aliphatic rings. The van der Waals surface area contributed by atoms with Crippen LogP contribution in [-0.2, 0) is 65.8 Å². The quantitative estimate of drug-likeness (QED) is 0.0425. The van der Waals surface area contributed by atoms with E-state index in [9.17, 15) is 61.5 Å². The summed E-state index contributed by atoms with van der Waals surface area (Å²) in [5, 5.41) is 8.72. The van der Waals surface area contributed by atoms with Gasteiger partial charge in [-0.05, 0) is 68.0 Å². The molecule has 396 valence electrons. The van der Waals surface area contributed by atoms with Gasteiger partial charge in [-0.1, -0.05) is 37.4 Å². The average Bonchev–Trinajstić information content (AvgIpc) is 3.88. The number of anilines is 1. The molecule has 73 heavy (non-hydrogen) atoms. The van der Waals surface area contributed by atoms with E-state index in [1.807, 2.05) is 0 Å². The maximum absolute atomic E-state index is 15.3. The molecular formula is C44H44ClF10N9O7S2. The molecule has 0 saturated heterocycles. The molecule has 0 radical (unpaired) electrons. The van der Waals surface area contributed by atoms with E-state index >= 15 is 8.78 Å². The molecule has 0 bridgehead atoms. The SMILES string of the molecule is CC(C)[C@H](N)C(=O)OCN(c1nn(CC(F)(F)F)c2c(-c3ccc(C#CC(C)(C)S(C)(=O)=O)nc3[C@H](Cc3cc(F)cc(F)c3)NC(=O)Cn3nc(C(F)(F)F)c4c3C(F)(F)C[C@@H]4N)ccc(Cl)c12)S(C)(=O)=O. The van der Waals surface area contributed by atoms with Crippen LogP contribution < -0.4 is 21.1 Å². The molecule has 1 amide bonds. The Morgan fingerprint density at radius 3 is 2.15 bits per heavy atom. The molecule has 2 aromatic carbocycles. The summed E-state index contributed by atoms with van der Waals surface area (Å²) in [6.45, 7) is 1.06. The van der Waals surface area contributed by atoms with Gasteiger partial charge in [0.1, 0.15) is 46.9 Å². The Morgan fingerprint density at radius 2 is 1.59 bits per heavy atom. The van der Waals surface area contributed by atoms with Gasteiger partial charge in [-0.15, -0.1) is 0 Å². The summed E-state index contributed by atoms with van der Waals surface area (Å²) in [4.78, 5) is 31.4. The van der Waals surface area contributed by atoms with Gasteiger partial charge < -0.3 is 21.5 Å². The van der Waals surface area contributed by atoms with Crippen molar-refractivity contribution >= 4 is 60.1 Å². The van der Waals surface area contributed by atoms with Gasteiger partial charge in [0.15, 0.2) is 28.1 Å². The minimum atomic E-state index is -5.33. The highest BCUT2D eigenvalue weighted by atomic mass is 35.5. The van der Waals surface area contributed by atoms with E-state index in [1.165, 1.54) is 13.8 Å². The van der Waals surface area contributed by atoms with Crippen molar-refractivity contribution in [3.8, 4) is 23.0 Å². The number of hydrogen-bond donors (Lipinski definition) is 3. The van der Waals surface area contributed by atoms with Gasteiger partial charge in [-0.2, -0.15) is 45.3 Å². The Balaban J connectivity index is 1.64. The second kappa shape index (κ2) is 20.0. The number of pyridine rings is 1. The topological polar surface area (TPSA) is 227 Å². The number of nitrogens with one attached hydrogen (secondary N) is 1. The zero-order valence-electron chi connectivity index (χ0n) is 39.1. The van der Waals surface area contributed by atoms with E-state index < -0.39 is 167 Å². The van der Waals surface area contributed by atoms with Crippen molar-refractivity contribution < 1.29 is 75.1 Å². The molecule has 29 heteroatoms. The first-order chi connectivity index (χ1) is 33.4. The Bertz CT molecular complexity index is 3280. The molecule has 3 aromatic heterocycles. The molecule has 0 fully saturated rings. The van der Waals surface area contributed by atoms with Crippen LogP contribution in [0.5, 0.6) is 0 Å². The summed E-state index contributed by atoms with van der Waals surface area (Å²) in [7, 11) is -8.55. The zero-order chi connectivity index (χ0) is 54.7. The van der Waals surface area contributed by atoms with Crippen molar-refractivity contribution in [2.75, 3.05) is 23.5 Å². The van der Waals surface area contributed by atoms with Crippen LogP contribution in [0.25, 0.3) is 22.0 Å². The number of esters is 1. The van der Waals surface area contributed by atoms with Crippen LogP contribution in [0.1, 0.15) is 80.1 Å². The second-order valence-electron chi connectivity index (χ2n) is 17.9. The van der Waals surface area contributed by atoms with Gasteiger partial charge >= 0.3 is 18.3 Å². The lowest BCUT2D eigenvalue weighted by molar-refractivity contribution is -0.146. The van der Waals surface area contributed by atoms with Crippen molar-refractivity contribution in [1.82, 2.24) is 29.9 Å². The van der Waals surface area contributed by atoms with E-state index in [1.54, 1.807) is 13.8 Å². The molecule has 0 unspecified atom stereocenters. The smallest absolute Gasteiger partial charge is 0.435 e. The van der Waals surface area contributed by atoms with Crippen molar-refractivity contribution in [2.24, 2.45) is 17.4 Å². The highest BCUT2D eigenvalue weighted by Crippen LogP contribution is 2.50. The number of carbonyl (C=O) groups excluding carboxylic acids is 2. The minimum absolute atomic E-state index is 0.0874. The molecule has 3 atom stereocenters. The van der Waals surface area contributed by atoms with E-state index in [0.29, 0.717) is 21.3 Å². The lowest BCUT2D eigenvalue weighted by atomic mass is 9.93. The first-order valence-electron chi connectivity index (χ1n) is 21.4. The molecule has 1 aliphatic carbocycles. The number of sulfone groups is 1. The molecule has 6 rings (SSSR count). The van der Waals surface area contributed by atoms with Crippen LogP contribution in [0.3, 0.4) is 0 Å². The van der Waals surface area contributed by atoms with Gasteiger partial charge in [0.2, 0.25) is 15.9 Å². The monoisotopic (exact) mass is 1100 g/mol. The van der Waals surface area contributed by atoms with Gasteiger partial charge in [0, 0.05) is 41.5 Å². The van der Waals surface area contributed by atoms with Gasteiger partial charge in [-0.25, -0.2) is 34.9 Å². The number of carbonyl (C=O) groups is 2. The predicted octanol–water partition coefficient (Wildman–Crippen LogP) is 6.83. The number of alkyl halides is 8. The standard InChI is InChI=1S/C44H44ClF10N9O7S2/c1-21(2)34(57)40(66)71-20-64(73(6,69)70)39-32-28(45)10-9-27(36(32)63(61-39)19-43(50,51)52)26-8-7-25(11-12-41(3,4)72(5,67)68)58-35(26)30(15-22-13-23(46)16-24(47)14-22)59-31(65)18-62-38-33(29(56)17-42(38,48)49)37(60-62)44(53,54)55/h7-10,13-14,16,21,29-30,34H,15,17-20,56-57H2,1-6H3,(H,59,65)/t29-,30-,34-/m0/s1. The fraction of sp³-hybridized carbons (Fsp3) is 0.432. The fourth-order valence-corrected chi connectivity index (χ4v) is 8.82. The summed E-state index contributed by atoms with van der Waals surface area (Å²) >= 11 is 6.65. The number of benzene rings is 2. The number of rotatable bonds is 15. The number of nitrogens with two attached hydrogens (primary N) is 2. The third-order valence-electron chi connectivity index (χ3n) is 11.5. The van der Waals surface area contributed by atoms with Crippen molar-refractivity contribution in [3.63, 3.8) is 0 Å². The normalized spacial score (nSPS) is 16.0. The first kappa shape index (κ1) is 56.3. The average molecular weight is 1100 g/mol. The van der Waals surface area contributed by atoms with Gasteiger partial charge in [0.25, 0.3) is 5.92 Å². The van der Waals surface area contributed by atoms with Gasteiger partial charge in [-0.3, -0.25) is 19.0 Å². The van der Waals surface area contributed by atoms with E-state index in [2.05, 4.69) is 32.3 Å². The molecule has 0 saturated carbocycles. The maximum atomic E-state index is 15.3. The minimum Gasteiger partial charge on any atom is -0.442 e. The molecule has 0 aliphatic heterocycles. The second-order valence-corrected chi connectivity index (χ2v) is 22.8. The maximum Gasteiger partial charge on any atom is 0.435 e. The molecule has 3 heterocycles. The van der Waals surface area contributed by atoms with Crippen LogP contribution in [0.2, 0.25) is 5.02 Å². The van der Waals surface area contributed by atoms with Crippen LogP contribution in [0.4, 0.5) is 49.7 Å². The number of sulfonamides is 1. The third kappa shape index (κ3) is 12.3. The summed E-state index contributed by atoms with van der Waals surface area (Å²) in [6.07, 6.45) is -11.0. The third-order valence-corrected chi connectivity index (χ3v) is 14.9. The molecular weight excluding hydrogens is 1060 g/mol. The van der Waals surface area contributed by atoms with Crippen LogP contribution in [0.15, 0.2) is 42.5 Å². The highest BCUT2D eigenvalue weighted by Gasteiger charge is 2.53. The van der Waals surface area contributed by atoms with Crippen molar-refractivity contribution in [2.45, 2.75) is 94.8 Å². The first-order valence-corrected chi connectivity index (χ1v) is 25.5. The summed E-state index contributed by atoms with van der Waals surface area (Å²) in [5.41, 5.74) is 5.08. The number of ether oxygens (including phenoxy) is 1. The lowest BCUT2D eigenvalue weighted by Gasteiger charge is -2.23. The summed E-state index contributed by atoms with van der Waals surface area (Å²) < 4.78 is 202. The largest absolute Gasteiger partial charge is 0.442 e. The lowest BCUT2D eigenvalue weighted by Crippen LogP contribution is -2.41. The molecule has 16 nitrogen and oxygen atoms in total. The molecule has 0 spiro atoms. The number of aromatic nitrogens is 5. The number of hydrogen-bond acceptors (Lipinski definition) is 12. The van der Waals surface area contributed by atoms with Crippen LogP contribution in [0, 0.1) is 29.4 Å². The number of fused-ring (bicyclic) bond motifs is 2. The number of nitrogens with zero attached hydrogens (tertiary/aromatic N) is 6. The van der Waals surface area contributed by atoms with E-state index in [4.69, 9.17) is 27.8 Å². The summed E-state index contributed by atoms with van der Waals surface area (Å²) in [6, 6.07) is 1.62. The number of amides is 1. The van der Waals surface area contributed by atoms with E-state index in [0.717, 1.165) is 42.7 Å². The van der Waals surface area contributed by atoms with Crippen molar-refractivity contribution in [3.05, 3.63) is 93.0 Å². The molecule has 5 N–H and O–H groups in total.